The van der Waals surface area contributed by atoms with Crippen LogP contribution in [0.4, 0.5) is 0 Å². The van der Waals surface area contributed by atoms with Crippen molar-refractivity contribution in [1.82, 2.24) is 4.98 Å². The number of ketones is 1. The highest BCUT2D eigenvalue weighted by Crippen LogP contribution is 2.20. The lowest BCUT2D eigenvalue weighted by Gasteiger charge is -2.19. The number of ether oxygens (including phenoxy) is 1. The van der Waals surface area contributed by atoms with Crippen molar-refractivity contribution in [2.24, 2.45) is 0 Å². The lowest BCUT2D eigenvalue weighted by Crippen LogP contribution is -2.25. The van der Waals surface area contributed by atoms with Gasteiger partial charge in [0.25, 0.3) is 0 Å². The Labute approximate surface area is 130 Å². The highest BCUT2D eigenvalue weighted by Gasteiger charge is 2.19. The van der Waals surface area contributed by atoms with Crippen molar-refractivity contribution in [3.63, 3.8) is 0 Å². The van der Waals surface area contributed by atoms with Gasteiger partial charge in [0.15, 0.2) is 5.78 Å². The molecule has 0 aliphatic rings. The summed E-state index contributed by atoms with van der Waals surface area (Å²) in [5.74, 6) is -0.753. The number of esters is 1. The second-order valence-corrected chi connectivity index (χ2v) is 6.00. The smallest absolute Gasteiger partial charge is 0.314 e. The molecule has 0 amide bonds. The molecule has 0 saturated heterocycles. The topological polar surface area (TPSA) is 56.3 Å². The zero-order valence-corrected chi connectivity index (χ0v) is 13.0. The van der Waals surface area contributed by atoms with Crippen LogP contribution in [-0.2, 0) is 9.53 Å². The Morgan fingerprint density at radius 3 is 2.36 bits per heavy atom. The number of nitrogens with zero attached hydrogens (tertiary/aromatic N) is 1. The lowest BCUT2D eigenvalue weighted by atomic mass is 10.0. The molecule has 0 N–H and O–H groups in total. The van der Waals surface area contributed by atoms with Gasteiger partial charge in [-0.25, -0.2) is 0 Å². The molecule has 22 heavy (non-hydrogen) atoms. The van der Waals surface area contributed by atoms with Gasteiger partial charge in [-0.3, -0.25) is 14.6 Å². The van der Waals surface area contributed by atoms with E-state index in [0.717, 1.165) is 11.1 Å². The van der Waals surface area contributed by atoms with Crippen LogP contribution in [0.5, 0.6) is 0 Å². The average Bonchev–Trinajstić information content (AvgIpc) is 2.46. The van der Waals surface area contributed by atoms with E-state index in [1.165, 1.54) is 0 Å². The van der Waals surface area contributed by atoms with Crippen LogP contribution in [0.1, 0.15) is 37.6 Å². The van der Waals surface area contributed by atoms with Gasteiger partial charge in [-0.2, -0.15) is 0 Å². The van der Waals surface area contributed by atoms with E-state index in [0.29, 0.717) is 5.56 Å². The molecule has 2 rings (SSSR count). The normalized spacial score (nSPS) is 11.0. The van der Waals surface area contributed by atoms with Gasteiger partial charge in [0.1, 0.15) is 12.0 Å². The van der Waals surface area contributed by atoms with E-state index < -0.39 is 11.6 Å². The molecule has 2 aromatic rings. The summed E-state index contributed by atoms with van der Waals surface area (Å²) in [5.41, 5.74) is 1.80. The van der Waals surface area contributed by atoms with Crippen molar-refractivity contribution >= 4 is 11.8 Å². The molecule has 4 nitrogen and oxygen atoms in total. The Morgan fingerprint density at radius 2 is 1.73 bits per heavy atom. The quantitative estimate of drug-likeness (QED) is 0.491. The minimum Gasteiger partial charge on any atom is -0.460 e. The maximum Gasteiger partial charge on any atom is 0.314 e. The Balaban J connectivity index is 2.13. The Kier molecular flexibility index (Phi) is 4.71. The Hall–Kier alpha value is -2.49. The third-order valence-corrected chi connectivity index (χ3v) is 2.92. The summed E-state index contributed by atoms with van der Waals surface area (Å²) in [6.45, 7) is 5.33. The molecule has 1 aromatic carbocycles. The van der Waals surface area contributed by atoms with Crippen LogP contribution >= 0.6 is 0 Å². The van der Waals surface area contributed by atoms with Crippen LogP contribution in [0.25, 0.3) is 11.1 Å². The molecular formula is C18H19NO3. The Morgan fingerprint density at radius 1 is 1.05 bits per heavy atom. The zero-order chi connectivity index (χ0) is 16.2. The molecule has 0 aliphatic carbocycles. The number of carbonyl (C=O) groups excluding carboxylic acids is 2. The summed E-state index contributed by atoms with van der Waals surface area (Å²) in [7, 11) is 0. The summed E-state index contributed by atoms with van der Waals surface area (Å²) in [4.78, 5) is 27.9. The summed E-state index contributed by atoms with van der Waals surface area (Å²) in [6, 6.07) is 11.0. The molecule has 0 atom stereocenters. The number of aromatic nitrogens is 1. The number of benzene rings is 1. The molecule has 1 heterocycles. The number of pyridine rings is 1. The predicted molar refractivity (Wildman–Crippen MR) is 84.5 cm³/mol. The summed E-state index contributed by atoms with van der Waals surface area (Å²) < 4.78 is 5.18. The first-order valence-electron chi connectivity index (χ1n) is 7.11. The number of carbonyl (C=O) groups is 2. The van der Waals surface area contributed by atoms with Crippen molar-refractivity contribution in [2.75, 3.05) is 0 Å². The van der Waals surface area contributed by atoms with Gasteiger partial charge in [-0.05, 0) is 50.1 Å². The maximum atomic E-state index is 12.2. The van der Waals surface area contributed by atoms with Crippen LogP contribution < -0.4 is 0 Å². The third-order valence-electron chi connectivity index (χ3n) is 2.92. The largest absolute Gasteiger partial charge is 0.460 e. The average molecular weight is 297 g/mol. The molecular weight excluding hydrogens is 278 g/mol. The first-order chi connectivity index (χ1) is 10.3. The maximum absolute atomic E-state index is 12.2. The molecule has 0 radical (unpaired) electrons. The van der Waals surface area contributed by atoms with Gasteiger partial charge in [0.2, 0.25) is 0 Å². The van der Waals surface area contributed by atoms with Crippen molar-refractivity contribution in [3.05, 3.63) is 54.4 Å². The van der Waals surface area contributed by atoms with E-state index in [2.05, 4.69) is 4.98 Å². The third kappa shape index (κ3) is 4.52. The lowest BCUT2D eigenvalue weighted by molar-refractivity contribution is -0.153. The summed E-state index contributed by atoms with van der Waals surface area (Å²) in [5, 5.41) is 0. The van der Waals surface area contributed by atoms with Gasteiger partial charge < -0.3 is 4.74 Å². The number of rotatable bonds is 4. The van der Waals surface area contributed by atoms with E-state index in [-0.39, 0.29) is 12.2 Å². The van der Waals surface area contributed by atoms with Gasteiger partial charge in [-0.1, -0.05) is 18.2 Å². The van der Waals surface area contributed by atoms with Gasteiger partial charge >= 0.3 is 5.97 Å². The van der Waals surface area contributed by atoms with E-state index in [4.69, 9.17) is 4.74 Å². The van der Waals surface area contributed by atoms with Crippen LogP contribution in [0.2, 0.25) is 0 Å². The summed E-state index contributed by atoms with van der Waals surface area (Å²) in [6.07, 6.45) is 3.14. The highest BCUT2D eigenvalue weighted by atomic mass is 16.6. The molecule has 0 unspecified atom stereocenters. The van der Waals surface area contributed by atoms with E-state index in [9.17, 15) is 9.59 Å². The zero-order valence-electron chi connectivity index (χ0n) is 13.0. The van der Waals surface area contributed by atoms with E-state index in [1.807, 2.05) is 18.2 Å². The van der Waals surface area contributed by atoms with Crippen LogP contribution in [0.3, 0.4) is 0 Å². The monoisotopic (exact) mass is 297 g/mol. The second-order valence-electron chi connectivity index (χ2n) is 6.00. The van der Waals surface area contributed by atoms with Crippen LogP contribution in [0.15, 0.2) is 48.8 Å². The minimum atomic E-state index is -0.587. The SMILES string of the molecule is CC(C)(C)OC(=O)CC(=O)c1cccc(-c2ccncc2)c1. The Bertz CT molecular complexity index is 672. The predicted octanol–water partition coefficient (Wildman–Crippen LogP) is 3.66. The van der Waals surface area contributed by atoms with Gasteiger partial charge in [0, 0.05) is 18.0 Å². The van der Waals surface area contributed by atoms with Crippen LogP contribution in [0, 0.1) is 0 Å². The van der Waals surface area contributed by atoms with Crippen LogP contribution in [-0.4, -0.2) is 22.3 Å². The van der Waals surface area contributed by atoms with Crippen molar-refractivity contribution in [2.45, 2.75) is 32.8 Å². The molecule has 0 fully saturated rings. The van der Waals surface area contributed by atoms with E-state index >= 15 is 0 Å². The fourth-order valence-corrected chi connectivity index (χ4v) is 2.03. The number of Topliss-reactive ketones (excluding diaryl/α,β-unsaturated/α-hetero) is 1. The molecule has 114 valence electrons. The van der Waals surface area contributed by atoms with Crippen molar-refractivity contribution in [1.29, 1.82) is 0 Å². The number of hydrogen-bond acceptors (Lipinski definition) is 4. The van der Waals surface area contributed by atoms with Crippen molar-refractivity contribution in [3.8, 4) is 11.1 Å². The molecule has 4 heteroatoms. The van der Waals surface area contributed by atoms with Gasteiger partial charge in [0.05, 0.1) is 0 Å². The second kappa shape index (κ2) is 6.52. The fourth-order valence-electron chi connectivity index (χ4n) is 2.03. The highest BCUT2D eigenvalue weighted by molar-refractivity contribution is 6.06. The fraction of sp³-hybridized carbons (Fsp3) is 0.278. The first-order valence-corrected chi connectivity index (χ1v) is 7.11. The first kappa shape index (κ1) is 15.9. The standard InChI is InChI=1S/C18H19NO3/c1-18(2,3)22-17(21)12-16(20)15-6-4-5-14(11-15)13-7-9-19-10-8-13/h4-11H,12H2,1-3H3. The minimum absolute atomic E-state index is 0.245. The molecule has 0 aliphatic heterocycles. The van der Waals surface area contributed by atoms with Gasteiger partial charge in [-0.15, -0.1) is 0 Å². The van der Waals surface area contributed by atoms with E-state index in [1.54, 1.807) is 51.4 Å². The molecule has 1 aromatic heterocycles. The number of hydrogen-bond donors (Lipinski definition) is 0. The van der Waals surface area contributed by atoms with Crippen molar-refractivity contribution < 1.29 is 14.3 Å². The molecule has 0 saturated carbocycles. The summed E-state index contributed by atoms with van der Waals surface area (Å²) >= 11 is 0. The molecule has 0 spiro atoms. The molecule has 0 bridgehead atoms.